The first-order chi connectivity index (χ1) is 13.6. The molecule has 0 saturated heterocycles. The molecule has 0 aromatic heterocycles. The average molecular weight is 398 g/mol. The van der Waals surface area contributed by atoms with Crippen molar-refractivity contribution in [1.29, 1.82) is 0 Å². The van der Waals surface area contributed by atoms with Crippen molar-refractivity contribution in [2.24, 2.45) is 0 Å². The van der Waals surface area contributed by atoms with E-state index in [4.69, 9.17) is 16.3 Å². The van der Waals surface area contributed by atoms with E-state index in [0.717, 1.165) is 31.1 Å². The molecule has 3 aromatic carbocycles. The molecule has 5 heteroatoms. The maximum Gasteiger partial charge on any atom is 0.263 e. The van der Waals surface area contributed by atoms with Crippen LogP contribution >= 0.6 is 11.6 Å². The molecule has 3 aromatic rings. The van der Waals surface area contributed by atoms with Crippen LogP contribution in [0.4, 0.5) is 5.69 Å². The number of carbonyl (C=O) groups excluding carboxylic acids is 1. The molecule has 0 atom stereocenters. The molecule has 146 valence electrons. The number of hydrogen-bond donors (Lipinski definition) is 2. The number of halogens is 1. The van der Waals surface area contributed by atoms with Crippen LogP contribution < -0.4 is 10.1 Å². The normalized spacial score (nSPS) is 10.8. The third kappa shape index (κ3) is 4.57. The van der Waals surface area contributed by atoms with Crippen LogP contribution in [-0.4, -0.2) is 17.6 Å². The first kappa shape index (κ1) is 20.0. The number of phenolic OH excluding ortho intramolecular Hbond substituents is 1. The zero-order valence-electron chi connectivity index (χ0n) is 15.9. The Labute approximate surface area is 170 Å². The Morgan fingerprint density at radius 1 is 1.07 bits per heavy atom. The average Bonchev–Trinajstić information content (AvgIpc) is 2.69. The highest BCUT2D eigenvalue weighted by Gasteiger charge is 2.21. The van der Waals surface area contributed by atoms with Crippen molar-refractivity contribution in [3.63, 3.8) is 0 Å². The second kappa shape index (κ2) is 9.47. The van der Waals surface area contributed by atoms with E-state index in [0.29, 0.717) is 28.5 Å². The third-order valence-corrected chi connectivity index (χ3v) is 4.92. The van der Waals surface area contributed by atoms with E-state index in [9.17, 15) is 9.90 Å². The van der Waals surface area contributed by atoms with Gasteiger partial charge in [0.1, 0.15) is 17.1 Å². The van der Waals surface area contributed by atoms with Crippen molar-refractivity contribution in [2.75, 3.05) is 11.9 Å². The summed E-state index contributed by atoms with van der Waals surface area (Å²) in [5, 5.41) is 15.4. The van der Waals surface area contributed by atoms with E-state index >= 15 is 0 Å². The number of fused-ring (bicyclic) bond motifs is 1. The highest BCUT2D eigenvalue weighted by Crippen LogP contribution is 2.37. The molecule has 0 radical (unpaired) electrons. The number of unbranched alkanes of at least 4 members (excludes halogenated alkanes) is 3. The third-order valence-electron chi connectivity index (χ3n) is 4.59. The van der Waals surface area contributed by atoms with Gasteiger partial charge in [0, 0.05) is 5.39 Å². The van der Waals surface area contributed by atoms with E-state index in [1.807, 2.05) is 18.2 Å². The molecule has 28 heavy (non-hydrogen) atoms. The molecular formula is C23H24ClNO3. The van der Waals surface area contributed by atoms with Gasteiger partial charge in [0.2, 0.25) is 0 Å². The molecule has 0 saturated carbocycles. The molecule has 0 fully saturated rings. The molecule has 0 aliphatic heterocycles. The summed E-state index contributed by atoms with van der Waals surface area (Å²) in [6, 6.07) is 16.2. The van der Waals surface area contributed by atoms with Gasteiger partial charge in [-0.05, 0) is 30.0 Å². The van der Waals surface area contributed by atoms with Crippen molar-refractivity contribution in [1.82, 2.24) is 0 Å². The predicted octanol–water partition coefficient (Wildman–Crippen LogP) is 6.41. The molecule has 1 amide bonds. The zero-order chi connectivity index (χ0) is 19.9. The van der Waals surface area contributed by atoms with Crippen LogP contribution in [0.25, 0.3) is 10.8 Å². The first-order valence-electron chi connectivity index (χ1n) is 9.55. The van der Waals surface area contributed by atoms with Crippen LogP contribution in [0.3, 0.4) is 0 Å². The van der Waals surface area contributed by atoms with Gasteiger partial charge in [0.15, 0.2) is 0 Å². The summed E-state index contributed by atoms with van der Waals surface area (Å²) in [7, 11) is 0. The number of aromatic hydroxyl groups is 1. The molecule has 0 aliphatic carbocycles. The fourth-order valence-corrected chi connectivity index (χ4v) is 3.28. The van der Waals surface area contributed by atoms with Crippen molar-refractivity contribution < 1.29 is 14.6 Å². The van der Waals surface area contributed by atoms with Gasteiger partial charge in [0.25, 0.3) is 5.91 Å². The van der Waals surface area contributed by atoms with Gasteiger partial charge in [-0.2, -0.15) is 0 Å². The molecule has 0 unspecified atom stereocenters. The molecule has 0 heterocycles. The van der Waals surface area contributed by atoms with E-state index in [-0.39, 0.29) is 11.3 Å². The molecule has 0 aliphatic rings. The van der Waals surface area contributed by atoms with E-state index in [1.165, 1.54) is 0 Å². The van der Waals surface area contributed by atoms with Crippen LogP contribution in [-0.2, 0) is 0 Å². The van der Waals surface area contributed by atoms with Crippen molar-refractivity contribution in [3.05, 3.63) is 65.2 Å². The second-order valence-corrected chi connectivity index (χ2v) is 7.07. The number of phenols is 1. The number of nitrogens with one attached hydrogen (secondary N) is 1. The zero-order valence-corrected chi connectivity index (χ0v) is 16.6. The minimum absolute atomic E-state index is 0.0915. The van der Waals surface area contributed by atoms with Gasteiger partial charge in [-0.15, -0.1) is 0 Å². The summed E-state index contributed by atoms with van der Waals surface area (Å²) in [5.74, 6) is -0.177. The number of amides is 1. The summed E-state index contributed by atoms with van der Waals surface area (Å²) in [4.78, 5) is 13.0. The Morgan fingerprint density at radius 2 is 1.82 bits per heavy atom. The van der Waals surface area contributed by atoms with Crippen LogP contribution in [0.1, 0.15) is 43.0 Å². The summed E-state index contributed by atoms with van der Waals surface area (Å²) in [6.45, 7) is 2.64. The molecule has 3 rings (SSSR count). The largest absolute Gasteiger partial charge is 0.506 e. The topological polar surface area (TPSA) is 58.6 Å². The lowest BCUT2D eigenvalue weighted by Gasteiger charge is -2.16. The van der Waals surface area contributed by atoms with Crippen molar-refractivity contribution in [3.8, 4) is 11.5 Å². The highest BCUT2D eigenvalue weighted by atomic mass is 35.5. The van der Waals surface area contributed by atoms with Crippen molar-refractivity contribution in [2.45, 2.75) is 32.6 Å². The quantitative estimate of drug-likeness (QED) is 0.432. The lowest BCUT2D eigenvalue weighted by molar-refractivity contribution is 0.102. The monoisotopic (exact) mass is 397 g/mol. The maximum atomic E-state index is 13.0. The predicted molar refractivity (Wildman–Crippen MR) is 115 cm³/mol. The number of para-hydroxylation sites is 1. The number of benzene rings is 3. The van der Waals surface area contributed by atoms with Crippen LogP contribution in [0, 0.1) is 0 Å². The van der Waals surface area contributed by atoms with Gasteiger partial charge in [0.05, 0.1) is 17.3 Å². The fourth-order valence-electron chi connectivity index (χ4n) is 3.09. The Morgan fingerprint density at radius 3 is 2.61 bits per heavy atom. The second-order valence-electron chi connectivity index (χ2n) is 6.66. The number of carbonyl (C=O) groups is 1. The maximum absolute atomic E-state index is 13.0. The van der Waals surface area contributed by atoms with Gasteiger partial charge in [-0.3, -0.25) is 4.79 Å². The standard InChI is InChI=1S/C23H24ClNO3/c1-2-3-4-9-14-28-20-15-16-10-5-6-11-17(16)22(26)21(20)23(27)25-19-13-8-7-12-18(19)24/h5-8,10-13,15,26H,2-4,9,14H2,1H3,(H,25,27). The smallest absolute Gasteiger partial charge is 0.263 e. The Bertz CT molecular complexity index is 971. The fraction of sp³-hybridized carbons (Fsp3) is 0.261. The van der Waals surface area contributed by atoms with Gasteiger partial charge < -0.3 is 15.2 Å². The van der Waals surface area contributed by atoms with Crippen LogP contribution in [0.15, 0.2) is 54.6 Å². The minimum Gasteiger partial charge on any atom is -0.506 e. The van der Waals surface area contributed by atoms with Crippen LogP contribution in [0.5, 0.6) is 11.5 Å². The number of hydrogen-bond acceptors (Lipinski definition) is 3. The highest BCUT2D eigenvalue weighted by molar-refractivity contribution is 6.34. The Balaban J connectivity index is 1.93. The number of ether oxygens (including phenoxy) is 1. The van der Waals surface area contributed by atoms with E-state index < -0.39 is 5.91 Å². The summed E-state index contributed by atoms with van der Waals surface area (Å²) < 4.78 is 5.91. The Hall–Kier alpha value is -2.72. The molecule has 4 nitrogen and oxygen atoms in total. The molecule has 0 bridgehead atoms. The number of anilines is 1. The SMILES string of the molecule is CCCCCCOc1cc2ccccc2c(O)c1C(=O)Nc1ccccc1Cl. The molecular weight excluding hydrogens is 374 g/mol. The molecule has 2 N–H and O–H groups in total. The molecule has 0 spiro atoms. The lowest BCUT2D eigenvalue weighted by Crippen LogP contribution is -2.15. The summed E-state index contributed by atoms with van der Waals surface area (Å²) in [5.41, 5.74) is 0.602. The minimum atomic E-state index is -0.458. The van der Waals surface area contributed by atoms with E-state index in [2.05, 4.69) is 12.2 Å². The lowest BCUT2D eigenvalue weighted by atomic mass is 10.0. The van der Waals surface area contributed by atoms with Gasteiger partial charge in [-0.25, -0.2) is 0 Å². The van der Waals surface area contributed by atoms with Gasteiger partial charge in [-0.1, -0.05) is 74.2 Å². The summed E-state index contributed by atoms with van der Waals surface area (Å²) in [6.07, 6.45) is 4.25. The number of rotatable bonds is 8. The van der Waals surface area contributed by atoms with Crippen molar-refractivity contribution >= 4 is 34.0 Å². The van der Waals surface area contributed by atoms with Gasteiger partial charge >= 0.3 is 0 Å². The summed E-state index contributed by atoms with van der Waals surface area (Å²) >= 11 is 6.15. The van der Waals surface area contributed by atoms with E-state index in [1.54, 1.807) is 36.4 Å². The Kier molecular flexibility index (Phi) is 6.77. The van der Waals surface area contributed by atoms with Crippen LogP contribution in [0.2, 0.25) is 5.02 Å². The first-order valence-corrected chi connectivity index (χ1v) is 9.93.